The Labute approximate surface area is 114 Å². The number of nitrogens with zero attached hydrogens (tertiary/aromatic N) is 2. The molecule has 108 valence electrons. The predicted octanol–water partition coefficient (Wildman–Crippen LogP) is 0.301. The third kappa shape index (κ3) is 2.58. The Balaban J connectivity index is 2.25. The molecule has 0 saturated carbocycles. The van der Waals surface area contributed by atoms with Gasteiger partial charge in [0.1, 0.15) is 17.3 Å². The molecule has 0 aromatic carbocycles. The van der Waals surface area contributed by atoms with Crippen LogP contribution in [0.15, 0.2) is 20.2 Å². The molecule has 0 radical (unpaired) electrons. The topological polar surface area (TPSA) is 119 Å². The first-order chi connectivity index (χ1) is 9.56. The minimum atomic E-state index is -0.556. The number of hydrogen-bond acceptors (Lipinski definition) is 6. The van der Waals surface area contributed by atoms with Crippen LogP contribution in [0.25, 0.3) is 0 Å². The average molecular weight is 279 g/mol. The molecule has 0 saturated heterocycles. The van der Waals surface area contributed by atoms with E-state index in [0.29, 0.717) is 12.4 Å². The Kier molecular flexibility index (Phi) is 3.92. The zero-order valence-corrected chi connectivity index (χ0v) is 11.4. The first-order valence-electron chi connectivity index (χ1n) is 6.36. The molecule has 2 aromatic rings. The van der Waals surface area contributed by atoms with Crippen molar-refractivity contribution in [1.82, 2.24) is 14.5 Å². The van der Waals surface area contributed by atoms with Crippen LogP contribution in [-0.2, 0) is 19.5 Å². The van der Waals surface area contributed by atoms with Gasteiger partial charge in [-0.1, -0.05) is 6.92 Å². The summed E-state index contributed by atoms with van der Waals surface area (Å²) in [7, 11) is 0. The Morgan fingerprint density at radius 2 is 2.20 bits per heavy atom. The number of H-pyrrole nitrogens is 1. The van der Waals surface area contributed by atoms with Crippen LogP contribution < -0.4 is 22.3 Å². The molecule has 0 aliphatic carbocycles. The van der Waals surface area contributed by atoms with E-state index in [-0.39, 0.29) is 18.1 Å². The molecule has 2 heterocycles. The van der Waals surface area contributed by atoms with E-state index >= 15 is 0 Å². The van der Waals surface area contributed by atoms with E-state index in [1.165, 1.54) is 4.57 Å². The predicted molar refractivity (Wildman–Crippen MR) is 74.6 cm³/mol. The highest BCUT2D eigenvalue weighted by Gasteiger charge is 2.12. The lowest BCUT2D eigenvalue weighted by Crippen LogP contribution is -2.33. The number of aromatic amines is 1. The molecule has 0 atom stereocenters. The van der Waals surface area contributed by atoms with Crippen molar-refractivity contribution >= 4 is 11.5 Å². The van der Waals surface area contributed by atoms with Crippen LogP contribution in [0.1, 0.15) is 25.5 Å². The summed E-state index contributed by atoms with van der Waals surface area (Å²) in [5.41, 5.74) is 4.88. The van der Waals surface area contributed by atoms with E-state index in [1.54, 1.807) is 13.1 Å². The minimum absolute atomic E-state index is 0.100. The van der Waals surface area contributed by atoms with Gasteiger partial charge in [-0.15, -0.1) is 0 Å². The number of nitrogens with one attached hydrogen (secondary N) is 2. The van der Waals surface area contributed by atoms with Crippen LogP contribution in [0, 0.1) is 0 Å². The molecule has 8 heteroatoms. The number of rotatable bonds is 5. The second-order valence-corrected chi connectivity index (χ2v) is 4.19. The van der Waals surface area contributed by atoms with Gasteiger partial charge in [0, 0.05) is 13.0 Å². The maximum atomic E-state index is 11.7. The molecule has 0 aliphatic rings. The molecular formula is C12H17N5O3. The maximum Gasteiger partial charge on any atom is 0.330 e. The fourth-order valence-electron chi connectivity index (χ4n) is 1.83. The lowest BCUT2D eigenvalue weighted by Gasteiger charge is -2.11. The molecule has 4 N–H and O–H groups in total. The summed E-state index contributed by atoms with van der Waals surface area (Å²) in [5, 5.41) is 2.85. The standard InChI is InChI=1S/C12H17N5O3/c1-3-7-5-14-8(20-7)6-15-9-10(13)17(4-2)12(19)16-11(9)18/h5,15H,3-4,6,13H2,1-2H3,(H,16,18,19). The van der Waals surface area contributed by atoms with Gasteiger partial charge in [0.05, 0.1) is 12.7 Å². The van der Waals surface area contributed by atoms with Gasteiger partial charge in [0.2, 0.25) is 5.89 Å². The van der Waals surface area contributed by atoms with E-state index in [0.717, 1.165) is 12.2 Å². The first kappa shape index (κ1) is 13.9. The number of nitrogens with two attached hydrogens (primary N) is 1. The van der Waals surface area contributed by atoms with Gasteiger partial charge in [-0.3, -0.25) is 14.3 Å². The van der Waals surface area contributed by atoms with Crippen LogP contribution in [-0.4, -0.2) is 14.5 Å². The Morgan fingerprint density at radius 1 is 1.45 bits per heavy atom. The highest BCUT2D eigenvalue weighted by atomic mass is 16.4. The summed E-state index contributed by atoms with van der Waals surface area (Å²) in [6.45, 7) is 4.31. The molecule has 0 aliphatic heterocycles. The van der Waals surface area contributed by atoms with Crippen LogP contribution in [0.3, 0.4) is 0 Å². The monoisotopic (exact) mass is 279 g/mol. The molecule has 2 aromatic heterocycles. The van der Waals surface area contributed by atoms with Crippen molar-refractivity contribution < 1.29 is 4.42 Å². The summed E-state index contributed by atoms with van der Waals surface area (Å²) in [6, 6.07) is 0. The van der Waals surface area contributed by atoms with Crippen molar-refractivity contribution in [3.05, 3.63) is 38.7 Å². The average Bonchev–Trinajstić information content (AvgIpc) is 2.86. The van der Waals surface area contributed by atoms with Gasteiger partial charge in [-0.05, 0) is 6.92 Å². The van der Waals surface area contributed by atoms with Crippen molar-refractivity contribution in [2.75, 3.05) is 11.1 Å². The molecule has 0 amide bonds. The SMILES string of the molecule is CCc1cnc(CNc2c(N)n(CC)c(=O)[nH]c2=O)o1. The molecule has 0 bridgehead atoms. The molecule has 0 fully saturated rings. The van der Waals surface area contributed by atoms with E-state index in [1.807, 2.05) is 6.92 Å². The molecule has 20 heavy (non-hydrogen) atoms. The van der Waals surface area contributed by atoms with Gasteiger partial charge in [0.15, 0.2) is 0 Å². The number of anilines is 2. The summed E-state index contributed by atoms with van der Waals surface area (Å²) >= 11 is 0. The van der Waals surface area contributed by atoms with Crippen molar-refractivity contribution in [3.63, 3.8) is 0 Å². The Morgan fingerprint density at radius 3 is 2.80 bits per heavy atom. The fraction of sp³-hybridized carbons (Fsp3) is 0.417. The molecule has 2 rings (SSSR count). The number of hydrogen-bond donors (Lipinski definition) is 3. The van der Waals surface area contributed by atoms with Crippen LogP contribution >= 0.6 is 0 Å². The first-order valence-corrected chi connectivity index (χ1v) is 6.36. The lowest BCUT2D eigenvalue weighted by atomic mass is 10.4. The second-order valence-electron chi connectivity index (χ2n) is 4.19. The fourth-order valence-corrected chi connectivity index (χ4v) is 1.83. The lowest BCUT2D eigenvalue weighted by molar-refractivity contribution is 0.465. The molecule has 8 nitrogen and oxygen atoms in total. The highest BCUT2D eigenvalue weighted by molar-refractivity contribution is 5.60. The summed E-state index contributed by atoms with van der Waals surface area (Å²) in [5.74, 6) is 1.32. The van der Waals surface area contributed by atoms with Gasteiger partial charge in [0.25, 0.3) is 5.56 Å². The Hall–Kier alpha value is -2.51. The smallest absolute Gasteiger partial charge is 0.330 e. The number of aromatic nitrogens is 3. The highest BCUT2D eigenvalue weighted by Crippen LogP contribution is 2.12. The molecule has 0 unspecified atom stereocenters. The van der Waals surface area contributed by atoms with Gasteiger partial charge >= 0.3 is 5.69 Å². The van der Waals surface area contributed by atoms with Crippen LogP contribution in [0.4, 0.5) is 11.5 Å². The van der Waals surface area contributed by atoms with Gasteiger partial charge < -0.3 is 15.5 Å². The van der Waals surface area contributed by atoms with Crippen molar-refractivity contribution in [1.29, 1.82) is 0 Å². The minimum Gasteiger partial charge on any atom is -0.444 e. The third-order valence-electron chi connectivity index (χ3n) is 2.92. The zero-order chi connectivity index (χ0) is 14.7. The summed E-state index contributed by atoms with van der Waals surface area (Å²) in [4.78, 5) is 29.6. The summed E-state index contributed by atoms with van der Waals surface area (Å²) < 4.78 is 6.69. The van der Waals surface area contributed by atoms with Crippen LogP contribution in [0.2, 0.25) is 0 Å². The Bertz CT molecular complexity index is 713. The zero-order valence-electron chi connectivity index (χ0n) is 11.4. The second kappa shape index (κ2) is 5.64. The van der Waals surface area contributed by atoms with Gasteiger partial charge in [-0.2, -0.15) is 0 Å². The molecule has 0 spiro atoms. The van der Waals surface area contributed by atoms with Crippen LogP contribution in [0.5, 0.6) is 0 Å². The van der Waals surface area contributed by atoms with E-state index in [9.17, 15) is 9.59 Å². The number of aryl methyl sites for hydroxylation is 1. The molecular weight excluding hydrogens is 262 g/mol. The normalized spacial score (nSPS) is 10.7. The quantitative estimate of drug-likeness (QED) is 0.724. The number of oxazole rings is 1. The third-order valence-corrected chi connectivity index (χ3v) is 2.92. The van der Waals surface area contributed by atoms with Gasteiger partial charge in [-0.25, -0.2) is 9.78 Å². The van der Waals surface area contributed by atoms with E-state index < -0.39 is 11.2 Å². The van der Waals surface area contributed by atoms with E-state index in [2.05, 4.69) is 15.3 Å². The van der Waals surface area contributed by atoms with E-state index in [4.69, 9.17) is 10.2 Å². The largest absolute Gasteiger partial charge is 0.444 e. The number of nitrogen functional groups attached to an aromatic ring is 1. The van der Waals surface area contributed by atoms with Crippen molar-refractivity contribution in [3.8, 4) is 0 Å². The van der Waals surface area contributed by atoms with Crippen molar-refractivity contribution in [2.45, 2.75) is 33.4 Å². The summed E-state index contributed by atoms with van der Waals surface area (Å²) in [6.07, 6.45) is 2.38. The maximum absolute atomic E-state index is 11.7. The van der Waals surface area contributed by atoms with Crippen molar-refractivity contribution in [2.24, 2.45) is 0 Å².